The third-order valence-electron chi connectivity index (χ3n) is 3.16. The quantitative estimate of drug-likeness (QED) is 0.820. The van der Waals surface area contributed by atoms with Gasteiger partial charge in [0.2, 0.25) is 0 Å². The Morgan fingerprint density at radius 2 is 2.33 bits per heavy atom. The number of nitriles is 1. The van der Waals surface area contributed by atoms with E-state index < -0.39 is 11.5 Å². The summed E-state index contributed by atoms with van der Waals surface area (Å²) in [5.74, 6) is 0. The number of aliphatic hydroxyl groups is 1. The van der Waals surface area contributed by atoms with Crippen molar-refractivity contribution in [3.05, 3.63) is 17.5 Å². The maximum absolute atomic E-state index is 10.2. The van der Waals surface area contributed by atoms with Crippen LogP contribution in [0.5, 0.6) is 0 Å². The molecule has 0 aromatic carbocycles. The van der Waals surface area contributed by atoms with Crippen LogP contribution >= 0.6 is 0 Å². The average Bonchev–Trinajstić information content (AvgIpc) is 2.57. The summed E-state index contributed by atoms with van der Waals surface area (Å²) in [7, 11) is 1.82. The molecule has 0 amide bonds. The molecule has 15 heavy (non-hydrogen) atoms. The summed E-state index contributed by atoms with van der Waals surface area (Å²) in [5, 5.41) is 23.3. The van der Waals surface area contributed by atoms with Crippen LogP contribution in [-0.4, -0.2) is 14.9 Å². The van der Waals surface area contributed by atoms with Crippen LogP contribution in [0.15, 0.2) is 6.20 Å². The molecule has 4 nitrogen and oxygen atoms in total. The van der Waals surface area contributed by atoms with E-state index in [9.17, 15) is 5.11 Å². The summed E-state index contributed by atoms with van der Waals surface area (Å²) in [4.78, 5) is 0. The highest BCUT2D eigenvalue weighted by molar-refractivity contribution is 5.23. The summed E-state index contributed by atoms with van der Waals surface area (Å²) in [6, 6.07) is 2.18. The molecule has 2 unspecified atom stereocenters. The van der Waals surface area contributed by atoms with Crippen LogP contribution in [0.25, 0.3) is 0 Å². The fourth-order valence-corrected chi connectivity index (χ4v) is 1.46. The molecule has 1 heterocycles. The van der Waals surface area contributed by atoms with E-state index in [0.29, 0.717) is 6.42 Å². The maximum Gasteiger partial charge on any atom is 0.101 e. The van der Waals surface area contributed by atoms with E-state index in [2.05, 4.69) is 11.2 Å². The van der Waals surface area contributed by atoms with Crippen molar-refractivity contribution in [3.63, 3.8) is 0 Å². The molecule has 0 fully saturated rings. The van der Waals surface area contributed by atoms with Crippen molar-refractivity contribution >= 4 is 0 Å². The van der Waals surface area contributed by atoms with Crippen LogP contribution in [-0.2, 0) is 7.05 Å². The molecule has 82 valence electrons. The van der Waals surface area contributed by atoms with Gasteiger partial charge in [0.25, 0.3) is 0 Å². The zero-order valence-corrected chi connectivity index (χ0v) is 9.65. The van der Waals surface area contributed by atoms with Crippen molar-refractivity contribution < 1.29 is 5.11 Å². The molecular weight excluding hydrogens is 190 g/mol. The summed E-state index contributed by atoms with van der Waals surface area (Å²) in [6.07, 6.45) is 1.46. The first kappa shape index (κ1) is 11.7. The molecule has 0 radical (unpaired) electrons. The van der Waals surface area contributed by atoms with Gasteiger partial charge in [0.1, 0.15) is 6.10 Å². The number of hydrogen-bond acceptors (Lipinski definition) is 3. The number of aliphatic hydroxyl groups excluding tert-OH is 1. The minimum atomic E-state index is -0.777. The number of hydrogen-bond donors (Lipinski definition) is 1. The van der Waals surface area contributed by atoms with Crippen molar-refractivity contribution in [2.75, 3.05) is 0 Å². The van der Waals surface area contributed by atoms with Crippen molar-refractivity contribution in [1.82, 2.24) is 9.78 Å². The Balaban J connectivity index is 3.10. The molecule has 0 bridgehead atoms. The fourth-order valence-electron chi connectivity index (χ4n) is 1.46. The van der Waals surface area contributed by atoms with Gasteiger partial charge in [0.15, 0.2) is 0 Å². The molecule has 0 aliphatic carbocycles. The predicted octanol–water partition coefficient (Wildman–Crippen LogP) is 1.70. The first-order valence-corrected chi connectivity index (χ1v) is 5.04. The molecular formula is C11H17N3O. The summed E-state index contributed by atoms with van der Waals surface area (Å²) < 4.78 is 1.70. The van der Waals surface area contributed by atoms with E-state index in [0.717, 1.165) is 11.3 Å². The lowest BCUT2D eigenvalue weighted by Crippen LogP contribution is -2.23. The number of aryl methyl sites for hydroxylation is 1. The maximum atomic E-state index is 10.2. The first-order chi connectivity index (χ1) is 6.96. The Bertz CT molecular complexity index is 391. The zero-order chi connectivity index (χ0) is 11.6. The van der Waals surface area contributed by atoms with E-state index >= 15 is 0 Å². The van der Waals surface area contributed by atoms with E-state index in [1.807, 2.05) is 20.9 Å². The Morgan fingerprint density at radius 3 is 2.67 bits per heavy atom. The van der Waals surface area contributed by atoms with Crippen LogP contribution in [0, 0.1) is 23.7 Å². The highest BCUT2D eigenvalue weighted by Crippen LogP contribution is 2.36. The van der Waals surface area contributed by atoms with Gasteiger partial charge in [0, 0.05) is 18.3 Å². The van der Waals surface area contributed by atoms with E-state index in [1.165, 1.54) is 0 Å². The lowest BCUT2D eigenvalue weighted by atomic mass is 9.80. The van der Waals surface area contributed by atoms with Crippen LogP contribution < -0.4 is 0 Å². The second-order valence-electron chi connectivity index (χ2n) is 4.09. The van der Waals surface area contributed by atoms with E-state index in [1.54, 1.807) is 17.8 Å². The second kappa shape index (κ2) is 4.03. The van der Waals surface area contributed by atoms with Gasteiger partial charge in [-0.1, -0.05) is 6.92 Å². The average molecular weight is 207 g/mol. The molecule has 0 aliphatic heterocycles. The van der Waals surface area contributed by atoms with Crippen molar-refractivity contribution in [2.45, 2.75) is 33.3 Å². The summed E-state index contributed by atoms with van der Waals surface area (Å²) in [6.45, 7) is 5.56. The first-order valence-electron chi connectivity index (χ1n) is 5.04. The standard InChI is InChI=1S/C11H17N3O/c1-5-11(3,7-12)10(15)9-6-13-14(4)8(9)2/h6,10,15H,5H2,1-4H3. The largest absolute Gasteiger partial charge is 0.387 e. The van der Waals surface area contributed by atoms with Crippen molar-refractivity contribution in [3.8, 4) is 6.07 Å². The lowest BCUT2D eigenvalue weighted by molar-refractivity contribution is 0.0716. The highest BCUT2D eigenvalue weighted by Gasteiger charge is 2.34. The van der Waals surface area contributed by atoms with Gasteiger partial charge in [-0.05, 0) is 20.3 Å². The third-order valence-corrected chi connectivity index (χ3v) is 3.16. The van der Waals surface area contributed by atoms with Crippen molar-refractivity contribution in [2.24, 2.45) is 12.5 Å². The van der Waals surface area contributed by atoms with Crippen molar-refractivity contribution in [1.29, 1.82) is 5.26 Å². The monoisotopic (exact) mass is 207 g/mol. The number of aromatic nitrogens is 2. The molecule has 0 saturated carbocycles. The van der Waals surface area contributed by atoms with Crippen LogP contribution in [0.1, 0.15) is 37.6 Å². The van der Waals surface area contributed by atoms with Crippen LogP contribution in [0.3, 0.4) is 0 Å². The molecule has 0 aliphatic rings. The molecule has 2 atom stereocenters. The minimum Gasteiger partial charge on any atom is -0.387 e. The fraction of sp³-hybridized carbons (Fsp3) is 0.636. The topological polar surface area (TPSA) is 61.8 Å². The zero-order valence-electron chi connectivity index (χ0n) is 9.65. The molecule has 4 heteroatoms. The van der Waals surface area contributed by atoms with Gasteiger partial charge < -0.3 is 5.11 Å². The molecule has 1 rings (SSSR count). The van der Waals surface area contributed by atoms with Gasteiger partial charge in [0.05, 0.1) is 17.7 Å². The SMILES string of the molecule is CCC(C)(C#N)C(O)c1cnn(C)c1C. The molecule has 1 aromatic heterocycles. The minimum absolute atomic E-state index is 0.610. The molecule has 1 aromatic rings. The van der Waals surface area contributed by atoms with Gasteiger partial charge in [-0.25, -0.2) is 0 Å². The Kier molecular flexibility index (Phi) is 3.15. The van der Waals surface area contributed by atoms with Gasteiger partial charge in [-0.2, -0.15) is 10.4 Å². The molecule has 1 N–H and O–H groups in total. The number of rotatable bonds is 3. The van der Waals surface area contributed by atoms with Gasteiger partial charge >= 0.3 is 0 Å². The third kappa shape index (κ3) is 1.88. The van der Waals surface area contributed by atoms with Crippen LogP contribution in [0.4, 0.5) is 0 Å². The normalized spacial score (nSPS) is 16.8. The number of nitrogens with zero attached hydrogens (tertiary/aromatic N) is 3. The van der Waals surface area contributed by atoms with Crippen LogP contribution in [0.2, 0.25) is 0 Å². The smallest absolute Gasteiger partial charge is 0.101 e. The lowest BCUT2D eigenvalue weighted by Gasteiger charge is -2.25. The summed E-state index contributed by atoms with van der Waals surface area (Å²) in [5.41, 5.74) is 0.897. The molecule has 0 spiro atoms. The second-order valence-corrected chi connectivity index (χ2v) is 4.09. The highest BCUT2D eigenvalue weighted by atomic mass is 16.3. The Hall–Kier alpha value is -1.34. The van der Waals surface area contributed by atoms with Gasteiger partial charge in [-0.15, -0.1) is 0 Å². The van der Waals surface area contributed by atoms with E-state index in [-0.39, 0.29) is 0 Å². The predicted molar refractivity (Wildman–Crippen MR) is 56.9 cm³/mol. The Morgan fingerprint density at radius 1 is 1.73 bits per heavy atom. The van der Waals surface area contributed by atoms with Gasteiger partial charge in [-0.3, -0.25) is 4.68 Å². The Labute approximate surface area is 90.1 Å². The molecule has 0 saturated heterocycles. The van der Waals surface area contributed by atoms with E-state index in [4.69, 9.17) is 5.26 Å². The summed E-state index contributed by atoms with van der Waals surface area (Å²) >= 11 is 0.